The molecule has 2 rings (SSSR count). The Labute approximate surface area is 112 Å². The Morgan fingerprint density at radius 1 is 1.47 bits per heavy atom. The van der Waals surface area contributed by atoms with Gasteiger partial charge in [-0.1, -0.05) is 0 Å². The van der Waals surface area contributed by atoms with Crippen molar-refractivity contribution in [2.75, 3.05) is 19.4 Å². The number of anilines is 1. The van der Waals surface area contributed by atoms with E-state index in [1.54, 1.807) is 43.7 Å². The SMILES string of the molecule is CNc1ccncc1C(=O)N(C)Cc1nccn1C. The number of hydrogen-bond donors (Lipinski definition) is 1. The minimum absolute atomic E-state index is 0.0829. The number of carbonyl (C=O) groups excluding carboxylic acids is 1. The van der Waals surface area contributed by atoms with E-state index in [-0.39, 0.29) is 5.91 Å². The van der Waals surface area contributed by atoms with Crippen molar-refractivity contribution < 1.29 is 4.79 Å². The lowest BCUT2D eigenvalue weighted by molar-refractivity contribution is 0.0781. The summed E-state index contributed by atoms with van der Waals surface area (Å²) in [7, 11) is 5.44. The molecule has 6 heteroatoms. The molecule has 0 aliphatic rings. The molecule has 0 saturated carbocycles. The van der Waals surface area contributed by atoms with Crippen LogP contribution in [0.4, 0.5) is 5.69 Å². The number of imidazole rings is 1. The van der Waals surface area contributed by atoms with Crippen LogP contribution in [-0.2, 0) is 13.6 Å². The minimum Gasteiger partial charge on any atom is -0.387 e. The van der Waals surface area contributed by atoms with E-state index in [2.05, 4.69) is 15.3 Å². The lowest BCUT2D eigenvalue weighted by atomic mass is 10.2. The molecular formula is C13H17N5O. The van der Waals surface area contributed by atoms with Crippen LogP contribution in [-0.4, -0.2) is 39.4 Å². The second-order valence-corrected chi connectivity index (χ2v) is 4.29. The summed E-state index contributed by atoms with van der Waals surface area (Å²) in [5.74, 6) is 0.756. The van der Waals surface area contributed by atoms with Crippen molar-refractivity contribution in [3.8, 4) is 0 Å². The Kier molecular flexibility index (Phi) is 3.79. The summed E-state index contributed by atoms with van der Waals surface area (Å²) in [6.45, 7) is 0.459. The van der Waals surface area contributed by atoms with Gasteiger partial charge in [0.1, 0.15) is 5.82 Å². The number of nitrogens with one attached hydrogen (secondary N) is 1. The normalized spacial score (nSPS) is 10.3. The van der Waals surface area contributed by atoms with Gasteiger partial charge in [0.25, 0.3) is 5.91 Å². The molecule has 1 amide bonds. The molecule has 6 nitrogen and oxygen atoms in total. The summed E-state index contributed by atoms with van der Waals surface area (Å²) in [5.41, 5.74) is 1.33. The topological polar surface area (TPSA) is 63.1 Å². The highest BCUT2D eigenvalue weighted by Gasteiger charge is 2.16. The summed E-state index contributed by atoms with van der Waals surface area (Å²) in [6.07, 6.45) is 6.80. The fourth-order valence-corrected chi connectivity index (χ4v) is 1.82. The lowest BCUT2D eigenvalue weighted by Gasteiger charge is -2.18. The average Bonchev–Trinajstić information content (AvgIpc) is 2.83. The van der Waals surface area contributed by atoms with Gasteiger partial charge in [-0.25, -0.2) is 4.98 Å². The van der Waals surface area contributed by atoms with Crippen LogP contribution in [0.2, 0.25) is 0 Å². The third-order valence-electron chi connectivity index (χ3n) is 2.97. The van der Waals surface area contributed by atoms with Gasteiger partial charge in [0, 0.05) is 51.6 Å². The summed E-state index contributed by atoms with van der Waals surface area (Å²) < 4.78 is 1.89. The first-order valence-electron chi connectivity index (χ1n) is 5.97. The second-order valence-electron chi connectivity index (χ2n) is 4.29. The van der Waals surface area contributed by atoms with E-state index in [4.69, 9.17) is 0 Å². The number of aromatic nitrogens is 3. The molecule has 0 saturated heterocycles. The molecule has 0 aliphatic heterocycles. The Morgan fingerprint density at radius 3 is 2.89 bits per heavy atom. The van der Waals surface area contributed by atoms with Gasteiger partial charge >= 0.3 is 0 Å². The second kappa shape index (κ2) is 5.51. The third kappa shape index (κ3) is 2.73. The van der Waals surface area contributed by atoms with E-state index >= 15 is 0 Å². The highest BCUT2D eigenvalue weighted by atomic mass is 16.2. The number of hydrogen-bond acceptors (Lipinski definition) is 4. The van der Waals surface area contributed by atoms with Gasteiger partial charge in [0.05, 0.1) is 12.1 Å². The monoisotopic (exact) mass is 259 g/mol. The maximum atomic E-state index is 12.4. The van der Waals surface area contributed by atoms with Crippen molar-refractivity contribution in [1.29, 1.82) is 0 Å². The first-order valence-corrected chi connectivity index (χ1v) is 5.97. The van der Waals surface area contributed by atoms with E-state index in [9.17, 15) is 4.79 Å². The predicted octanol–water partition coefficient (Wildman–Crippen LogP) is 1.13. The summed E-state index contributed by atoms with van der Waals surface area (Å²) in [4.78, 5) is 22.2. The van der Waals surface area contributed by atoms with Gasteiger partial charge < -0.3 is 14.8 Å². The zero-order chi connectivity index (χ0) is 13.8. The molecule has 2 heterocycles. The van der Waals surface area contributed by atoms with Crippen LogP contribution >= 0.6 is 0 Å². The van der Waals surface area contributed by atoms with Gasteiger partial charge in [-0.3, -0.25) is 9.78 Å². The third-order valence-corrected chi connectivity index (χ3v) is 2.97. The maximum Gasteiger partial charge on any atom is 0.257 e. The van der Waals surface area contributed by atoms with Crippen LogP contribution in [0.25, 0.3) is 0 Å². The molecule has 0 atom stereocenters. The molecule has 0 fully saturated rings. The standard InChI is InChI=1S/C13H17N5O/c1-14-11-4-5-15-8-10(11)13(19)18(3)9-12-16-6-7-17(12)2/h4-8H,9H2,1-3H3,(H,14,15). The van der Waals surface area contributed by atoms with Crippen molar-refractivity contribution in [3.05, 3.63) is 42.2 Å². The lowest BCUT2D eigenvalue weighted by Crippen LogP contribution is -2.28. The van der Waals surface area contributed by atoms with Crippen LogP contribution in [0.3, 0.4) is 0 Å². The molecule has 0 aliphatic carbocycles. The average molecular weight is 259 g/mol. The van der Waals surface area contributed by atoms with Crippen LogP contribution in [0, 0.1) is 0 Å². The number of rotatable bonds is 4. The molecule has 0 bridgehead atoms. The zero-order valence-electron chi connectivity index (χ0n) is 11.3. The van der Waals surface area contributed by atoms with Gasteiger partial charge in [0.2, 0.25) is 0 Å². The summed E-state index contributed by atoms with van der Waals surface area (Å²) >= 11 is 0. The molecule has 0 unspecified atom stereocenters. The molecule has 2 aromatic heterocycles. The van der Waals surface area contributed by atoms with E-state index in [1.807, 2.05) is 17.8 Å². The van der Waals surface area contributed by atoms with Crippen molar-refractivity contribution in [2.24, 2.45) is 7.05 Å². The molecule has 1 N–H and O–H groups in total. The highest BCUT2D eigenvalue weighted by Crippen LogP contribution is 2.15. The first kappa shape index (κ1) is 13.1. The van der Waals surface area contributed by atoms with Crippen molar-refractivity contribution in [3.63, 3.8) is 0 Å². The first-order chi connectivity index (χ1) is 9.13. The Bertz CT molecular complexity index is 578. The maximum absolute atomic E-state index is 12.4. The molecule has 0 radical (unpaired) electrons. The van der Waals surface area contributed by atoms with Crippen LogP contribution < -0.4 is 5.32 Å². The van der Waals surface area contributed by atoms with Crippen LogP contribution in [0.15, 0.2) is 30.9 Å². The van der Waals surface area contributed by atoms with Gasteiger partial charge in [-0.2, -0.15) is 0 Å². The number of aryl methyl sites for hydroxylation is 1. The van der Waals surface area contributed by atoms with Crippen molar-refractivity contribution in [2.45, 2.75) is 6.54 Å². The van der Waals surface area contributed by atoms with E-state index < -0.39 is 0 Å². The largest absolute Gasteiger partial charge is 0.387 e. The smallest absolute Gasteiger partial charge is 0.257 e. The Balaban J connectivity index is 2.17. The van der Waals surface area contributed by atoms with Crippen LogP contribution in [0.1, 0.15) is 16.2 Å². The molecule has 19 heavy (non-hydrogen) atoms. The number of nitrogens with zero attached hydrogens (tertiary/aromatic N) is 4. The fourth-order valence-electron chi connectivity index (χ4n) is 1.82. The minimum atomic E-state index is -0.0829. The van der Waals surface area contributed by atoms with E-state index in [0.29, 0.717) is 12.1 Å². The zero-order valence-corrected chi connectivity index (χ0v) is 11.3. The Morgan fingerprint density at radius 2 is 2.26 bits per heavy atom. The summed E-state index contributed by atoms with van der Waals surface area (Å²) in [5, 5.41) is 2.99. The van der Waals surface area contributed by atoms with E-state index in [0.717, 1.165) is 11.5 Å². The molecule has 0 spiro atoms. The predicted molar refractivity (Wildman–Crippen MR) is 72.8 cm³/mol. The fraction of sp³-hybridized carbons (Fsp3) is 0.308. The van der Waals surface area contributed by atoms with Crippen molar-refractivity contribution in [1.82, 2.24) is 19.4 Å². The summed E-state index contributed by atoms with van der Waals surface area (Å²) in [6, 6.07) is 1.78. The van der Waals surface area contributed by atoms with Gasteiger partial charge in [-0.15, -0.1) is 0 Å². The molecular weight excluding hydrogens is 242 g/mol. The highest BCUT2D eigenvalue weighted by molar-refractivity contribution is 5.99. The molecule has 2 aromatic rings. The molecule has 100 valence electrons. The van der Waals surface area contributed by atoms with Crippen molar-refractivity contribution >= 4 is 11.6 Å². The van der Waals surface area contributed by atoms with Gasteiger partial charge in [-0.05, 0) is 6.07 Å². The number of amides is 1. The number of carbonyl (C=O) groups is 1. The van der Waals surface area contributed by atoms with Gasteiger partial charge in [0.15, 0.2) is 0 Å². The quantitative estimate of drug-likeness (QED) is 0.894. The molecule has 0 aromatic carbocycles. The van der Waals surface area contributed by atoms with E-state index in [1.165, 1.54) is 0 Å². The number of pyridine rings is 1. The Hall–Kier alpha value is -2.37. The van der Waals surface area contributed by atoms with Crippen LogP contribution in [0.5, 0.6) is 0 Å².